The van der Waals surface area contributed by atoms with E-state index in [4.69, 9.17) is 5.11 Å². The number of hydrogen-bond donors (Lipinski definition) is 1. The average Bonchev–Trinajstić information content (AvgIpc) is 2.70. The molecule has 1 heterocycles. The molecule has 0 saturated heterocycles. The summed E-state index contributed by atoms with van der Waals surface area (Å²) in [5.74, 6) is -1.99. The van der Waals surface area contributed by atoms with Crippen LogP contribution in [0.5, 0.6) is 0 Å². The van der Waals surface area contributed by atoms with Gasteiger partial charge < -0.3 is 5.11 Å². The van der Waals surface area contributed by atoms with Crippen LogP contribution in [-0.2, 0) is 0 Å². The van der Waals surface area contributed by atoms with Crippen LogP contribution in [0.2, 0.25) is 0 Å². The number of carbonyl (C=O) groups is 1. The largest absolute Gasteiger partial charge is 0.478 e. The van der Waals surface area contributed by atoms with Crippen molar-refractivity contribution < 1.29 is 14.3 Å². The van der Waals surface area contributed by atoms with Crippen LogP contribution < -0.4 is 0 Å². The lowest BCUT2D eigenvalue weighted by molar-refractivity contribution is 0.0688. The van der Waals surface area contributed by atoms with E-state index in [2.05, 4.69) is 4.98 Å². The number of thiazole rings is 1. The smallest absolute Gasteiger partial charge is 0.339 e. The van der Waals surface area contributed by atoms with E-state index in [1.54, 1.807) is 17.6 Å². The van der Waals surface area contributed by atoms with Gasteiger partial charge in [-0.15, -0.1) is 11.3 Å². The van der Waals surface area contributed by atoms with Crippen LogP contribution in [0.25, 0.3) is 0 Å². The van der Waals surface area contributed by atoms with Crippen molar-refractivity contribution in [2.75, 3.05) is 0 Å². The van der Waals surface area contributed by atoms with Gasteiger partial charge in [0.15, 0.2) is 4.34 Å². The zero-order valence-electron chi connectivity index (χ0n) is 7.88. The van der Waals surface area contributed by atoms with Crippen molar-refractivity contribution in [2.24, 2.45) is 0 Å². The standard InChI is InChI=1S/C10H6FNO2S2/c11-6-2-1-3-7(8(6)9(13)14)16-10-12-4-5-15-10/h1-5H,(H,13,14). The molecule has 0 spiro atoms. The van der Waals surface area contributed by atoms with Gasteiger partial charge in [0, 0.05) is 16.5 Å². The Labute approximate surface area is 99.0 Å². The molecular formula is C10H6FNO2S2. The molecule has 0 atom stereocenters. The summed E-state index contributed by atoms with van der Waals surface area (Å²) in [5.41, 5.74) is -0.303. The monoisotopic (exact) mass is 255 g/mol. The molecule has 0 saturated carbocycles. The number of nitrogens with zero attached hydrogens (tertiary/aromatic N) is 1. The third kappa shape index (κ3) is 2.23. The summed E-state index contributed by atoms with van der Waals surface area (Å²) in [6, 6.07) is 4.19. The number of aromatic carboxylic acids is 1. The van der Waals surface area contributed by atoms with Crippen molar-refractivity contribution in [1.82, 2.24) is 4.98 Å². The molecule has 82 valence electrons. The van der Waals surface area contributed by atoms with Crippen molar-refractivity contribution in [2.45, 2.75) is 9.24 Å². The maximum atomic E-state index is 13.3. The summed E-state index contributed by atoms with van der Waals surface area (Å²) in [5, 5.41) is 10.7. The first-order valence-corrected chi connectivity index (χ1v) is 5.97. The number of rotatable bonds is 3. The third-order valence-electron chi connectivity index (χ3n) is 1.80. The van der Waals surface area contributed by atoms with Crippen molar-refractivity contribution in [3.63, 3.8) is 0 Å². The van der Waals surface area contributed by atoms with E-state index in [0.717, 1.165) is 17.8 Å². The van der Waals surface area contributed by atoms with Crippen molar-refractivity contribution in [3.8, 4) is 0 Å². The van der Waals surface area contributed by atoms with Crippen molar-refractivity contribution in [3.05, 3.63) is 41.2 Å². The summed E-state index contributed by atoms with van der Waals surface area (Å²) in [4.78, 5) is 15.3. The van der Waals surface area contributed by atoms with Gasteiger partial charge in [-0.3, -0.25) is 0 Å². The van der Waals surface area contributed by atoms with Crippen LogP contribution in [0, 0.1) is 5.82 Å². The SMILES string of the molecule is O=C(O)c1c(F)cccc1Sc1nccs1. The first-order valence-electron chi connectivity index (χ1n) is 4.27. The highest BCUT2D eigenvalue weighted by atomic mass is 32.2. The Kier molecular flexibility index (Phi) is 3.21. The molecule has 0 fully saturated rings. The summed E-state index contributed by atoms with van der Waals surface area (Å²) < 4.78 is 14.0. The molecule has 0 aliphatic rings. The number of hydrogen-bond acceptors (Lipinski definition) is 4. The van der Waals surface area contributed by atoms with Gasteiger partial charge in [0.1, 0.15) is 11.4 Å². The minimum Gasteiger partial charge on any atom is -0.478 e. The third-order valence-corrected chi connectivity index (χ3v) is 3.74. The summed E-state index contributed by atoms with van der Waals surface area (Å²) in [7, 11) is 0. The Morgan fingerprint density at radius 3 is 2.94 bits per heavy atom. The molecule has 1 N–H and O–H groups in total. The van der Waals surface area contributed by atoms with Gasteiger partial charge >= 0.3 is 5.97 Å². The van der Waals surface area contributed by atoms with Crippen LogP contribution in [-0.4, -0.2) is 16.1 Å². The Morgan fingerprint density at radius 1 is 1.50 bits per heavy atom. The van der Waals surface area contributed by atoms with E-state index >= 15 is 0 Å². The molecule has 2 aromatic rings. The van der Waals surface area contributed by atoms with E-state index in [0.29, 0.717) is 9.24 Å². The van der Waals surface area contributed by atoms with E-state index in [-0.39, 0.29) is 5.56 Å². The molecule has 0 radical (unpaired) electrons. The zero-order valence-corrected chi connectivity index (χ0v) is 9.52. The van der Waals surface area contributed by atoms with Gasteiger partial charge in [-0.05, 0) is 12.1 Å². The maximum absolute atomic E-state index is 13.3. The second kappa shape index (κ2) is 4.63. The van der Waals surface area contributed by atoms with E-state index in [1.165, 1.54) is 17.4 Å². The average molecular weight is 255 g/mol. The number of halogens is 1. The highest BCUT2D eigenvalue weighted by Crippen LogP contribution is 2.32. The number of benzene rings is 1. The minimum atomic E-state index is -1.27. The molecular weight excluding hydrogens is 249 g/mol. The zero-order chi connectivity index (χ0) is 11.5. The molecule has 2 rings (SSSR count). The topological polar surface area (TPSA) is 50.2 Å². The Balaban J connectivity index is 2.40. The fraction of sp³-hybridized carbons (Fsp3) is 0. The lowest BCUT2D eigenvalue weighted by Gasteiger charge is -2.03. The lowest BCUT2D eigenvalue weighted by atomic mass is 10.2. The highest BCUT2D eigenvalue weighted by molar-refractivity contribution is 8.01. The van der Waals surface area contributed by atoms with E-state index in [1.807, 2.05) is 0 Å². The number of carboxylic acid groups (broad SMARTS) is 1. The van der Waals surface area contributed by atoms with Gasteiger partial charge in [-0.2, -0.15) is 0 Å². The van der Waals surface area contributed by atoms with Crippen LogP contribution in [0.4, 0.5) is 4.39 Å². The van der Waals surface area contributed by atoms with Gasteiger partial charge in [0.05, 0.1) is 0 Å². The highest BCUT2D eigenvalue weighted by Gasteiger charge is 2.16. The molecule has 3 nitrogen and oxygen atoms in total. The van der Waals surface area contributed by atoms with Crippen LogP contribution in [0.15, 0.2) is 39.0 Å². The fourth-order valence-corrected chi connectivity index (χ4v) is 2.88. The number of carboxylic acids is 1. The Hall–Kier alpha value is -1.40. The lowest BCUT2D eigenvalue weighted by Crippen LogP contribution is -2.02. The maximum Gasteiger partial charge on any atom is 0.339 e. The summed E-state index contributed by atoms with van der Waals surface area (Å²) in [6.07, 6.45) is 1.62. The summed E-state index contributed by atoms with van der Waals surface area (Å²) >= 11 is 2.53. The van der Waals surface area contributed by atoms with Gasteiger partial charge in [-0.1, -0.05) is 17.8 Å². The normalized spacial score (nSPS) is 10.3. The van der Waals surface area contributed by atoms with E-state index < -0.39 is 11.8 Å². The Morgan fingerprint density at radius 2 is 2.31 bits per heavy atom. The fourth-order valence-electron chi connectivity index (χ4n) is 1.15. The van der Waals surface area contributed by atoms with Crippen LogP contribution >= 0.6 is 23.1 Å². The second-order valence-corrected chi connectivity index (χ2v) is 5.00. The van der Waals surface area contributed by atoms with E-state index in [9.17, 15) is 9.18 Å². The van der Waals surface area contributed by atoms with Crippen LogP contribution in [0.1, 0.15) is 10.4 Å². The first-order chi connectivity index (χ1) is 7.68. The molecule has 0 unspecified atom stereocenters. The minimum absolute atomic E-state index is 0.303. The van der Waals surface area contributed by atoms with Crippen molar-refractivity contribution in [1.29, 1.82) is 0 Å². The van der Waals surface area contributed by atoms with Gasteiger partial charge in [-0.25, -0.2) is 14.2 Å². The Bertz CT molecular complexity index is 514. The predicted molar refractivity (Wildman–Crippen MR) is 59.6 cm³/mol. The van der Waals surface area contributed by atoms with Gasteiger partial charge in [0.25, 0.3) is 0 Å². The molecule has 1 aromatic heterocycles. The molecule has 0 amide bonds. The quantitative estimate of drug-likeness (QED) is 0.915. The molecule has 0 aliphatic heterocycles. The number of aromatic nitrogens is 1. The first kappa shape index (κ1) is 11.1. The van der Waals surface area contributed by atoms with Gasteiger partial charge in [0.2, 0.25) is 0 Å². The molecule has 6 heteroatoms. The van der Waals surface area contributed by atoms with Crippen molar-refractivity contribution >= 4 is 29.1 Å². The molecule has 0 aliphatic carbocycles. The summed E-state index contributed by atoms with van der Waals surface area (Å²) in [6.45, 7) is 0. The predicted octanol–water partition coefficient (Wildman–Crippen LogP) is 3.13. The molecule has 0 bridgehead atoms. The molecule has 1 aromatic carbocycles. The second-order valence-electron chi connectivity index (χ2n) is 2.82. The molecule has 16 heavy (non-hydrogen) atoms. The van der Waals surface area contributed by atoms with Crippen LogP contribution in [0.3, 0.4) is 0 Å².